The molecule has 0 spiro atoms. The first-order valence-electron chi connectivity index (χ1n) is 16.8. The molecule has 2 heterocycles. The summed E-state index contributed by atoms with van der Waals surface area (Å²) in [5, 5.41) is 5.63. The van der Waals surface area contributed by atoms with E-state index >= 15 is 0 Å². The van der Waals surface area contributed by atoms with Gasteiger partial charge < -0.3 is 19.5 Å². The Morgan fingerprint density at radius 1 is 0.939 bits per heavy atom. The van der Waals surface area contributed by atoms with Gasteiger partial charge in [-0.1, -0.05) is 18.2 Å². The van der Waals surface area contributed by atoms with Gasteiger partial charge in [0.05, 0.1) is 13.7 Å². The number of nitrogens with zero attached hydrogens (tertiary/aromatic N) is 4. The third-order valence-electron chi connectivity index (χ3n) is 9.15. The van der Waals surface area contributed by atoms with Crippen LogP contribution < -0.4 is 20.1 Å². The Kier molecular flexibility index (Phi) is 12.0. The van der Waals surface area contributed by atoms with Crippen molar-refractivity contribution in [3.8, 4) is 22.6 Å². The van der Waals surface area contributed by atoms with E-state index in [2.05, 4.69) is 77.2 Å². The van der Waals surface area contributed by atoms with Crippen molar-refractivity contribution >= 4 is 23.5 Å². The number of halogens is 1. The molecule has 4 aromatic rings. The standard InChI is InChI=1S/C38H47FN6O4/c1-25(2)45-18-16-44(17-19-45)20-22-48-35-12-9-30(23-34(35)39)41-37-40-15-13-36(42-37)43-38(46)49-21-14-29-8-10-31(47-6)24-33(29)32-11-7-26(3)27(4)28(32)5/h7-13,15,23-25H,14,16-22H2,1-6H3,(H2,40,41,42,43,46). The molecule has 1 fully saturated rings. The van der Waals surface area contributed by atoms with Crippen molar-refractivity contribution in [1.82, 2.24) is 19.8 Å². The molecule has 1 saturated heterocycles. The lowest BCUT2D eigenvalue weighted by Gasteiger charge is -2.36. The van der Waals surface area contributed by atoms with Crippen LogP contribution in [0.1, 0.15) is 36.1 Å². The van der Waals surface area contributed by atoms with Gasteiger partial charge >= 0.3 is 6.09 Å². The summed E-state index contributed by atoms with van der Waals surface area (Å²) < 4.78 is 31.6. The highest BCUT2D eigenvalue weighted by atomic mass is 19.1. The maximum atomic E-state index is 14.9. The van der Waals surface area contributed by atoms with E-state index in [1.165, 1.54) is 29.0 Å². The van der Waals surface area contributed by atoms with Crippen LogP contribution in [0.5, 0.6) is 11.5 Å². The maximum Gasteiger partial charge on any atom is 0.412 e. The second kappa shape index (κ2) is 16.6. The molecule has 1 amide bonds. The molecule has 3 aromatic carbocycles. The molecule has 0 aliphatic carbocycles. The topological polar surface area (TPSA) is 101 Å². The molecule has 11 heteroatoms. The molecule has 0 unspecified atom stereocenters. The number of hydrogen-bond donors (Lipinski definition) is 2. The summed E-state index contributed by atoms with van der Waals surface area (Å²) >= 11 is 0. The second-order valence-corrected chi connectivity index (χ2v) is 12.6. The number of carbonyl (C=O) groups is 1. The van der Waals surface area contributed by atoms with Crippen LogP contribution in [0.15, 0.2) is 60.8 Å². The third-order valence-corrected chi connectivity index (χ3v) is 9.15. The fourth-order valence-corrected chi connectivity index (χ4v) is 5.89. The minimum Gasteiger partial charge on any atom is -0.497 e. The molecule has 0 radical (unpaired) electrons. The van der Waals surface area contributed by atoms with Crippen LogP contribution >= 0.6 is 0 Å². The van der Waals surface area contributed by atoms with E-state index in [9.17, 15) is 9.18 Å². The number of rotatable bonds is 13. The number of ether oxygens (including phenoxy) is 3. The smallest absolute Gasteiger partial charge is 0.412 e. The Hall–Kier alpha value is -4.74. The van der Waals surface area contributed by atoms with Crippen molar-refractivity contribution < 1.29 is 23.4 Å². The van der Waals surface area contributed by atoms with E-state index in [4.69, 9.17) is 14.2 Å². The van der Waals surface area contributed by atoms with E-state index in [0.717, 1.165) is 55.2 Å². The predicted molar refractivity (Wildman–Crippen MR) is 192 cm³/mol. The Bertz CT molecular complexity index is 1740. The van der Waals surface area contributed by atoms with Gasteiger partial charge in [-0.25, -0.2) is 14.2 Å². The third kappa shape index (κ3) is 9.45. The number of aryl methyl sites for hydroxylation is 1. The van der Waals surface area contributed by atoms with Gasteiger partial charge in [0.15, 0.2) is 11.6 Å². The summed E-state index contributed by atoms with van der Waals surface area (Å²) in [6.45, 7) is 16.1. The van der Waals surface area contributed by atoms with Gasteiger partial charge in [0, 0.05) is 63.1 Å². The van der Waals surface area contributed by atoms with Crippen LogP contribution in [-0.2, 0) is 11.2 Å². The Labute approximate surface area is 288 Å². The lowest BCUT2D eigenvalue weighted by Crippen LogP contribution is -2.49. The zero-order chi connectivity index (χ0) is 34.9. The summed E-state index contributed by atoms with van der Waals surface area (Å²) in [6.07, 6.45) is 1.36. The van der Waals surface area contributed by atoms with Crippen molar-refractivity contribution in [2.45, 2.75) is 47.1 Å². The van der Waals surface area contributed by atoms with Gasteiger partial charge in [0.25, 0.3) is 0 Å². The summed E-state index contributed by atoms with van der Waals surface area (Å²) in [7, 11) is 1.65. The fraction of sp³-hybridized carbons (Fsp3) is 0.395. The minimum absolute atomic E-state index is 0.160. The lowest BCUT2D eigenvalue weighted by atomic mass is 9.90. The van der Waals surface area contributed by atoms with E-state index in [0.29, 0.717) is 24.8 Å². The Balaban J connectivity index is 1.11. The molecular formula is C38H47FN6O4. The summed E-state index contributed by atoms with van der Waals surface area (Å²) in [6, 6.07) is 16.9. The number of piperazine rings is 1. The molecule has 1 aliphatic heterocycles. The Morgan fingerprint density at radius 3 is 2.47 bits per heavy atom. The van der Waals surface area contributed by atoms with Gasteiger partial charge in [-0.3, -0.25) is 15.1 Å². The number of carbonyl (C=O) groups excluding carboxylic acids is 1. The quantitative estimate of drug-likeness (QED) is 0.154. The van der Waals surface area contributed by atoms with E-state index in [1.807, 2.05) is 18.2 Å². The fourth-order valence-electron chi connectivity index (χ4n) is 5.89. The number of hydrogen-bond acceptors (Lipinski definition) is 9. The van der Waals surface area contributed by atoms with Crippen LogP contribution in [0.25, 0.3) is 11.1 Å². The van der Waals surface area contributed by atoms with Crippen LogP contribution in [0.3, 0.4) is 0 Å². The molecule has 5 rings (SSSR count). The molecule has 0 saturated carbocycles. The van der Waals surface area contributed by atoms with E-state index in [-0.39, 0.29) is 24.1 Å². The molecule has 260 valence electrons. The average molecular weight is 671 g/mol. The van der Waals surface area contributed by atoms with Gasteiger partial charge in [-0.05, 0) is 98.3 Å². The first-order valence-corrected chi connectivity index (χ1v) is 16.8. The lowest BCUT2D eigenvalue weighted by molar-refractivity contribution is 0.0965. The molecular weight excluding hydrogens is 623 g/mol. The normalized spacial score (nSPS) is 13.7. The van der Waals surface area contributed by atoms with Crippen molar-refractivity contribution in [2.75, 3.05) is 63.7 Å². The van der Waals surface area contributed by atoms with Crippen LogP contribution in [0.4, 0.5) is 26.6 Å². The highest BCUT2D eigenvalue weighted by Gasteiger charge is 2.19. The van der Waals surface area contributed by atoms with Gasteiger partial charge in [0.1, 0.15) is 18.2 Å². The zero-order valence-corrected chi connectivity index (χ0v) is 29.3. The van der Waals surface area contributed by atoms with Gasteiger partial charge in [-0.15, -0.1) is 0 Å². The number of benzene rings is 3. The molecule has 49 heavy (non-hydrogen) atoms. The summed E-state index contributed by atoms with van der Waals surface area (Å²) in [5.41, 5.74) is 7.34. The second-order valence-electron chi connectivity index (χ2n) is 12.6. The number of methoxy groups -OCH3 is 1. The predicted octanol–water partition coefficient (Wildman–Crippen LogP) is 7.16. The molecule has 10 nitrogen and oxygen atoms in total. The zero-order valence-electron chi connectivity index (χ0n) is 29.3. The summed E-state index contributed by atoms with van der Waals surface area (Å²) in [5.74, 6) is 0.902. The van der Waals surface area contributed by atoms with E-state index < -0.39 is 11.9 Å². The number of aromatic nitrogens is 2. The van der Waals surface area contributed by atoms with Crippen LogP contribution in [-0.4, -0.2) is 85.0 Å². The average Bonchev–Trinajstić information content (AvgIpc) is 3.09. The van der Waals surface area contributed by atoms with Crippen LogP contribution in [0, 0.1) is 26.6 Å². The highest BCUT2D eigenvalue weighted by molar-refractivity contribution is 5.83. The molecule has 1 aromatic heterocycles. The summed E-state index contributed by atoms with van der Waals surface area (Å²) in [4.78, 5) is 26.0. The largest absolute Gasteiger partial charge is 0.497 e. The first kappa shape index (κ1) is 35.6. The van der Waals surface area contributed by atoms with E-state index in [1.54, 1.807) is 25.3 Å². The molecule has 0 bridgehead atoms. The SMILES string of the molecule is COc1ccc(CCOC(=O)Nc2ccnc(Nc3ccc(OCCN4CCN(C(C)C)CC4)c(F)c3)n2)c(-c2ccc(C)c(C)c2C)c1. The molecule has 1 aliphatic rings. The first-order chi connectivity index (χ1) is 23.6. The number of amides is 1. The molecule has 0 atom stereocenters. The van der Waals surface area contributed by atoms with Crippen molar-refractivity contribution in [2.24, 2.45) is 0 Å². The van der Waals surface area contributed by atoms with Crippen molar-refractivity contribution in [3.05, 3.63) is 88.9 Å². The van der Waals surface area contributed by atoms with Crippen molar-refractivity contribution in [3.63, 3.8) is 0 Å². The van der Waals surface area contributed by atoms with Crippen molar-refractivity contribution in [1.29, 1.82) is 0 Å². The number of nitrogens with one attached hydrogen (secondary N) is 2. The molecule has 2 N–H and O–H groups in total. The maximum absolute atomic E-state index is 14.9. The van der Waals surface area contributed by atoms with Gasteiger partial charge in [-0.2, -0.15) is 4.98 Å². The monoisotopic (exact) mass is 670 g/mol. The Morgan fingerprint density at radius 2 is 1.73 bits per heavy atom. The minimum atomic E-state index is -0.642. The highest BCUT2D eigenvalue weighted by Crippen LogP contribution is 2.33. The van der Waals surface area contributed by atoms with Crippen LogP contribution in [0.2, 0.25) is 0 Å². The number of anilines is 3. The van der Waals surface area contributed by atoms with Gasteiger partial charge in [0.2, 0.25) is 5.95 Å².